The summed E-state index contributed by atoms with van der Waals surface area (Å²) in [7, 11) is 1.71. The van der Waals surface area contributed by atoms with Crippen molar-refractivity contribution in [3.05, 3.63) is 22.7 Å². The van der Waals surface area contributed by atoms with Crippen LogP contribution in [0.2, 0.25) is 0 Å². The van der Waals surface area contributed by atoms with E-state index < -0.39 is 0 Å². The van der Waals surface area contributed by atoms with Crippen molar-refractivity contribution >= 4 is 27.3 Å². The predicted molar refractivity (Wildman–Crippen MR) is 72.7 cm³/mol. The summed E-state index contributed by atoms with van der Waals surface area (Å²) in [5.74, 6) is 0.489. The maximum Gasteiger partial charge on any atom is 0.0666 e. The van der Waals surface area contributed by atoms with Crippen LogP contribution in [0.1, 0.15) is 13.8 Å². The molecule has 0 aliphatic heterocycles. The number of ether oxygens (including phenoxy) is 1. The van der Waals surface area contributed by atoms with E-state index in [-0.39, 0.29) is 6.04 Å². The first-order valence-corrected chi connectivity index (χ1v) is 6.14. The lowest BCUT2D eigenvalue weighted by Crippen LogP contribution is -2.30. The summed E-state index contributed by atoms with van der Waals surface area (Å²) in [5, 5.41) is 3.40. The third-order valence-corrected chi connectivity index (χ3v) is 3.00. The molecule has 0 radical (unpaired) electrons. The van der Waals surface area contributed by atoms with Gasteiger partial charge in [-0.25, -0.2) is 0 Å². The van der Waals surface area contributed by atoms with Crippen molar-refractivity contribution in [2.75, 3.05) is 24.8 Å². The molecule has 0 spiro atoms. The fourth-order valence-corrected chi connectivity index (χ4v) is 1.82. The Morgan fingerprint density at radius 1 is 1.44 bits per heavy atom. The van der Waals surface area contributed by atoms with Crippen molar-refractivity contribution in [3.63, 3.8) is 0 Å². The van der Waals surface area contributed by atoms with Gasteiger partial charge >= 0.3 is 0 Å². The second kappa shape index (κ2) is 6.11. The van der Waals surface area contributed by atoms with Crippen LogP contribution in [-0.2, 0) is 4.74 Å². The summed E-state index contributed by atoms with van der Waals surface area (Å²) in [4.78, 5) is 0. The van der Waals surface area contributed by atoms with E-state index in [9.17, 15) is 0 Å². The molecule has 0 aromatic heterocycles. The molecule has 3 N–H and O–H groups in total. The standard InChI is InChI=1S/C12H19BrN2O/c1-8(2)12(7-16-3)15-11-5-4-9(13)6-10(11)14/h4-6,8,12,15H,7,14H2,1-3H3. The van der Waals surface area contributed by atoms with E-state index in [0.29, 0.717) is 12.5 Å². The van der Waals surface area contributed by atoms with E-state index in [1.54, 1.807) is 7.11 Å². The lowest BCUT2D eigenvalue weighted by Gasteiger charge is -2.23. The van der Waals surface area contributed by atoms with Gasteiger partial charge in [-0.15, -0.1) is 0 Å². The van der Waals surface area contributed by atoms with Gasteiger partial charge in [0, 0.05) is 11.6 Å². The molecule has 1 atom stereocenters. The van der Waals surface area contributed by atoms with Crippen molar-refractivity contribution in [2.45, 2.75) is 19.9 Å². The number of methoxy groups -OCH3 is 1. The minimum atomic E-state index is 0.272. The van der Waals surface area contributed by atoms with Crippen LogP contribution in [0.5, 0.6) is 0 Å². The number of nitrogens with two attached hydrogens (primary N) is 1. The van der Waals surface area contributed by atoms with Crippen LogP contribution in [0.15, 0.2) is 22.7 Å². The molecule has 0 fully saturated rings. The van der Waals surface area contributed by atoms with Crippen molar-refractivity contribution < 1.29 is 4.74 Å². The highest BCUT2D eigenvalue weighted by molar-refractivity contribution is 9.10. The molecule has 1 aromatic rings. The molecule has 1 rings (SSSR count). The smallest absolute Gasteiger partial charge is 0.0666 e. The SMILES string of the molecule is COCC(Nc1ccc(Br)cc1N)C(C)C. The zero-order chi connectivity index (χ0) is 12.1. The first kappa shape index (κ1) is 13.3. The number of rotatable bonds is 5. The van der Waals surface area contributed by atoms with E-state index in [2.05, 4.69) is 35.1 Å². The summed E-state index contributed by atoms with van der Waals surface area (Å²) < 4.78 is 6.18. The molecule has 4 heteroatoms. The molecule has 1 unspecified atom stereocenters. The van der Waals surface area contributed by atoms with Crippen LogP contribution in [-0.4, -0.2) is 19.8 Å². The monoisotopic (exact) mass is 286 g/mol. The molecule has 0 aliphatic rings. The molecule has 0 saturated carbocycles. The first-order chi connectivity index (χ1) is 7.54. The number of nitrogens with one attached hydrogen (secondary N) is 1. The van der Waals surface area contributed by atoms with Gasteiger partial charge in [0.2, 0.25) is 0 Å². The molecule has 90 valence electrons. The highest BCUT2D eigenvalue weighted by Gasteiger charge is 2.13. The maximum absolute atomic E-state index is 5.93. The van der Waals surface area contributed by atoms with Crippen LogP contribution in [0.4, 0.5) is 11.4 Å². The zero-order valence-corrected chi connectivity index (χ0v) is 11.5. The largest absolute Gasteiger partial charge is 0.397 e. The molecule has 3 nitrogen and oxygen atoms in total. The predicted octanol–water partition coefficient (Wildman–Crippen LogP) is 3.11. The maximum atomic E-state index is 5.93. The average Bonchev–Trinajstić information content (AvgIpc) is 2.20. The number of hydrogen-bond acceptors (Lipinski definition) is 3. The molecule has 0 amide bonds. The summed E-state index contributed by atoms with van der Waals surface area (Å²) in [6, 6.07) is 6.12. The van der Waals surface area contributed by atoms with E-state index >= 15 is 0 Å². The van der Waals surface area contributed by atoms with Gasteiger partial charge in [-0.05, 0) is 24.1 Å². The molecule has 16 heavy (non-hydrogen) atoms. The van der Waals surface area contributed by atoms with Gasteiger partial charge in [0.1, 0.15) is 0 Å². The number of anilines is 2. The fourth-order valence-electron chi connectivity index (χ4n) is 1.45. The lowest BCUT2D eigenvalue weighted by molar-refractivity contribution is 0.171. The molecule has 1 aromatic carbocycles. The third-order valence-electron chi connectivity index (χ3n) is 2.51. The highest BCUT2D eigenvalue weighted by Crippen LogP contribution is 2.24. The van der Waals surface area contributed by atoms with Crippen molar-refractivity contribution in [3.8, 4) is 0 Å². The van der Waals surface area contributed by atoms with Gasteiger partial charge in [0.15, 0.2) is 0 Å². The van der Waals surface area contributed by atoms with Gasteiger partial charge in [-0.2, -0.15) is 0 Å². The van der Waals surface area contributed by atoms with E-state index in [0.717, 1.165) is 15.8 Å². The highest BCUT2D eigenvalue weighted by atomic mass is 79.9. The molecular formula is C12H19BrN2O. The average molecular weight is 287 g/mol. The fraction of sp³-hybridized carbons (Fsp3) is 0.500. The van der Waals surface area contributed by atoms with E-state index in [1.807, 2.05) is 18.2 Å². The molecule has 0 aliphatic carbocycles. The zero-order valence-electron chi connectivity index (χ0n) is 9.96. The van der Waals surface area contributed by atoms with Gasteiger partial charge < -0.3 is 15.8 Å². The second-order valence-corrected chi connectivity index (χ2v) is 5.10. The normalized spacial score (nSPS) is 12.8. The van der Waals surface area contributed by atoms with Crippen LogP contribution in [0.3, 0.4) is 0 Å². The Hall–Kier alpha value is -0.740. The topological polar surface area (TPSA) is 47.3 Å². The van der Waals surface area contributed by atoms with E-state index in [4.69, 9.17) is 10.5 Å². The summed E-state index contributed by atoms with van der Waals surface area (Å²) in [6.45, 7) is 4.99. The number of hydrogen-bond donors (Lipinski definition) is 2. The Balaban J connectivity index is 2.77. The van der Waals surface area contributed by atoms with Crippen LogP contribution in [0.25, 0.3) is 0 Å². The minimum Gasteiger partial charge on any atom is -0.397 e. The second-order valence-electron chi connectivity index (χ2n) is 4.18. The number of nitrogen functional groups attached to an aromatic ring is 1. The Kier molecular flexibility index (Phi) is 5.09. The molecule has 0 heterocycles. The third kappa shape index (κ3) is 3.68. The van der Waals surface area contributed by atoms with E-state index in [1.165, 1.54) is 0 Å². The Morgan fingerprint density at radius 3 is 2.62 bits per heavy atom. The summed E-state index contributed by atoms with van der Waals surface area (Å²) in [5.41, 5.74) is 7.64. The van der Waals surface area contributed by atoms with Gasteiger partial charge in [0.25, 0.3) is 0 Å². The van der Waals surface area contributed by atoms with Crippen molar-refractivity contribution in [2.24, 2.45) is 5.92 Å². The Labute approximate surface area is 105 Å². The molecule has 0 saturated heterocycles. The number of halogens is 1. The van der Waals surface area contributed by atoms with Crippen molar-refractivity contribution in [1.29, 1.82) is 0 Å². The van der Waals surface area contributed by atoms with Crippen LogP contribution < -0.4 is 11.1 Å². The molecular weight excluding hydrogens is 268 g/mol. The number of benzene rings is 1. The minimum absolute atomic E-state index is 0.272. The summed E-state index contributed by atoms with van der Waals surface area (Å²) >= 11 is 3.39. The van der Waals surface area contributed by atoms with Gasteiger partial charge in [-0.3, -0.25) is 0 Å². The Bertz CT molecular complexity index is 342. The van der Waals surface area contributed by atoms with Crippen LogP contribution >= 0.6 is 15.9 Å². The van der Waals surface area contributed by atoms with Crippen molar-refractivity contribution in [1.82, 2.24) is 0 Å². The summed E-state index contributed by atoms with van der Waals surface area (Å²) in [6.07, 6.45) is 0. The van der Waals surface area contributed by atoms with Crippen LogP contribution in [0, 0.1) is 5.92 Å². The lowest BCUT2D eigenvalue weighted by atomic mass is 10.0. The van der Waals surface area contributed by atoms with Gasteiger partial charge in [-0.1, -0.05) is 29.8 Å². The Morgan fingerprint density at radius 2 is 2.12 bits per heavy atom. The molecule has 0 bridgehead atoms. The first-order valence-electron chi connectivity index (χ1n) is 5.35. The van der Waals surface area contributed by atoms with Gasteiger partial charge in [0.05, 0.1) is 24.0 Å². The quantitative estimate of drug-likeness (QED) is 0.818.